The van der Waals surface area contributed by atoms with E-state index in [1.165, 1.54) is 29.1 Å². The van der Waals surface area contributed by atoms with Crippen LogP contribution in [-0.2, 0) is 6.54 Å². The average molecular weight is 533 g/mol. The number of hydrogen-bond donors (Lipinski definition) is 3. The first kappa shape index (κ1) is 22.5. The lowest BCUT2D eigenvalue weighted by atomic mass is 10.2. The van der Waals surface area contributed by atoms with Gasteiger partial charge < -0.3 is 16.2 Å². The van der Waals surface area contributed by atoms with Crippen molar-refractivity contribution in [3.05, 3.63) is 93.7 Å². The summed E-state index contributed by atoms with van der Waals surface area (Å²) in [6.07, 6.45) is 1.42. The number of aromatic nitrogens is 3. The van der Waals surface area contributed by atoms with E-state index in [1.807, 2.05) is 12.1 Å². The van der Waals surface area contributed by atoms with Crippen LogP contribution in [0.3, 0.4) is 0 Å². The summed E-state index contributed by atoms with van der Waals surface area (Å²) >= 11 is 3.37. The number of nitrogens with one attached hydrogen (secondary N) is 1. The number of amides is 1. The smallest absolute Gasteiger partial charge is 0.257 e. The number of carbonyl (C=O) groups is 1. The number of phenols is 1. The van der Waals surface area contributed by atoms with E-state index in [-0.39, 0.29) is 35.0 Å². The van der Waals surface area contributed by atoms with Crippen LogP contribution in [0.4, 0.5) is 10.2 Å². The van der Waals surface area contributed by atoms with E-state index in [4.69, 9.17) is 5.73 Å². The fourth-order valence-corrected chi connectivity index (χ4v) is 3.99. The summed E-state index contributed by atoms with van der Waals surface area (Å²) in [6.45, 7) is 0.168. The Morgan fingerprint density at radius 2 is 1.83 bits per heavy atom. The second kappa shape index (κ2) is 9.15. The summed E-state index contributed by atoms with van der Waals surface area (Å²) < 4.78 is 15.3. The Balaban J connectivity index is 1.60. The summed E-state index contributed by atoms with van der Waals surface area (Å²) in [5.41, 5.74) is 9.45. The first-order chi connectivity index (χ1) is 16.9. The fourth-order valence-electron chi connectivity index (χ4n) is 3.61. The molecule has 0 saturated heterocycles. The van der Waals surface area contributed by atoms with Crippen LogP contribution in [0.2, 0.25) is 0 Å². The van der Waals surface area contributed by atoms with E-state index in [9.17, 15) is 14.3 Å². The van der Waals surface area contributed by atoms with Crippen LogP contribution in [0.1, 0.15) is 21.5 Å². The quantitative estimate of drug-likeness (QED) is 0.286. The molecule has 5 rings (SSSR count). The molecule has 174 valence electrons. The third-order valence-electron chi connectivity index (χ3n) is 5.37. The van der Waals surface area contributed by atoms with Crippen molar-refractivity contribution in [2.75, 3.05) is 5.73 Å². The van der Waals surface area contributed by atoms with Crippen LogP contribution in [-0.4, -0.2) is 31.9 Å². The fraction of sp³-hybridized carbons (Fsp3) is 0.0400. The van der Waals surface area contributed by atoms with Gasteiger partial charge in [0.05, 0.1) is 17.2 Å². The van der Waals surface area contributed by atoms with Crippen LogP contribution >= 0.6 is 15.9 Å². The van der Waals surface area contributed by atoms with Crippen molar-refractivity contribution >= 4 is 56.1 Å². The van der Waals surface area contributed by atoms with Crippen molar-refractivity contribution < 1.29 is 14.3 Å². The van der Waals surface area contributed by atoms with E-state index in [2.05, 4.69) is 36.3 Å². The minimum atomic E-state index is -0.472. The number of phenolic OH excluding ortho intramolecular Hbond substituents is 1. The molecule has 0 radical (unpaired) electrons. The van der Waals surface area contributed by atoms with Crippen LogP contribution in [0, 0.1) is 5.82 Å². The van der Waals surface area contributed by atoms with Crippen molar-refractivity contribution in [2.45, 2.75) is 6.54 Å². The summed E-state index contributed by atoms with van der Waals surface area (Å²) in [6, 6.07) is 18.0. The van der Waals surface area contributed by atoms with E-state index in [0.29, 0.717) is 22.2 Å². The van der Waals surface area contributed by atoms with Crippen molar-refractivity contribution in [1.82, 2.24) is 20.0 Å². The number of carbonyl (C=O) groups excluding carboxylic acids is 1. The average Bonchev–Trinajstić information content (AvgIpc) is 3.12. The van der Waals surface area contributed by atoms with Gasteiger partial charge in [-0.15, -0.1) is 0 Å². The predicted molar refractivity (Wildman–Crippen MR) is 136 cm³/mol. The molecule has 0 spiro atoms. The van der Waals surface area contributed by atoms with Gasteiger partial charge in [-0.05, 0) is 48.0 Å². The zero-order valence-electron chi connectivity index (χ0n) is 18.1. The van der Waals surface area contributed by atoms with Crippen molar-refractivity contribution in [3.8, 4) is 5.75 Å². The Morgan fingerprint density at radius 1 is 1.11 bits per heavy atom. The topological polar surface area (TPSA) is 118 Å². The molecule has 0 aliphatic rings. The minimum absolute atomic E-state index is 0.0285. The molecule has 10 heteroatoms. The zero-order chi connectivity index (χ0) is 24.5. The van der Waals surface area contributed by atoms with Crippen LogP contribution in [0.5, 0.6) is 5.75 Å². The monoisotopic (exact) mass is 532 g/mol. The van der Waals surface area contributed by atoms with E-state index in [0.717, 1.165) is 10.0 Å². The molecular weight excluding hydrogens is 515 g/mol. The summed E-state index contributed by atoms with van der Waals surface area (Å²) in [5.74, 6) is -0.761. The summed E-state index contributed by atoms with van der Waals surface area (Å²) in [5, 5.41) is 17.4. The first-order valence-corrected chi connectivity index (χ1v) is 11.3. The summed E-state index contributed by atoms with van der Waals surface area (Å²) in [4.78, 5) is 22.5. The van der Waals surface area contributed by atoms with Gasteiger partial charge in [0.2, 0.25) is 0 Å². The number of aromatic hydroxyl groups is 1. The highest BCUT2D eigenvalue weighted by molar-refractivity contribution is 9.10. The predicted octanol–water partition coefficient (Wildman–Crippen LogP) is 4.59. The SMILES string of the molecule is Nc1c(C(=O)NCc2ccc(F)cc2)c2nc3ccccc3nc2n1/N=C\c1cc(Br)ccc1O. The number of benzene rings is 3. The van der Waals surface area contributed by atoms with E-state index >= 15 is 0 Å². The Kier molecular flexibility index (Phi) is 5.87. The normalized spacial score (nSPS) is 11.5. The van der Waals surface area contributed by atoms with Crippen molar-refractivity contribution in [2.24, 2.45) is 5.10 Å². The second-order valence-corrected chi connectivity index (χ2v) is 8.63. The maximum Gasteiger partial charge on any atom is 0.257 e. The van der Waals surface area contributed by atoms with Gasteiger partial charge in [0.15, 0.2) is 5.65 Å². The number of halogens is 2. The van der Waals surface area contributed by atoms with Crippen molar-refractivity contribution in [3.63, 3.8) is 0 Å². The molecule has 3 aromatic carbocycles. The number of para-hydroxylation sites is 2. The van der Waals surface area contributed by atoms with Gasteiger partial charge in [0.1, 0.15) is 28.5 Å². The molecule has 35 heavy (non-hydrogen) atoms. The third-order valence-corrected chi connectivity index (χ3v) is 5.86. The number of hydrogen-bond acceptors (Lipinski definition) is 6. The molecule has 0 fully saturated rings. The third kappa shape index (κ3) is 4.43. The highest BCUT2D eigenvalue weighted by Gasteiger charge is 2.24. The Labute approximate surface area is 207 Å². The minimum Gasteiger partial charge on any atom is -0.507 e. The molecule has 5 aromatic rings. The molecule has 2 aromatic heterocycles. The summed E-state index contributed by atoms with van der Waals surface area (Å²) in [7, 11) is 0. The Bertz CT molecular complexity index is 1610. The molecule has 0 aliphatic heterocycles. The highest BCUT2D eigenvalue weighted by atomic mass is 79.9. The molecule has 4 N–H and O–H groups in total. The zero-order valence-corrected chi connectivity index (χ0v) is 19.7. The van der Waals surface area contributed by atoms with Crippen LogP contribution < -0.4 is 11.1 Å². The number of fused-ring (bicyclic) bond motifs is 2. The lowest BCUT2D eigenvalue weighted by Gasteiger charge is -2.06. The molecule has 0 atom stereocenters. The molecule has 0 bridgehead atoms. The van der Waals surface area contributed by atoms with Gasteiger partial charge in [0, 0.05) is 16.6 Å². The van der Waals surface area contributed by atoms with Crippen LogP contribution in [0.25, 0.3) is 22.2 Å². The number of rotatable bonds is 5. The number of anilines is 1. The van der Waals surface area contributed by atoms with Gasteiger partial charge in [-0.3, -0.25) is 4.79 Å². The van der Waals surface area contributed by atoms with Gasteiger partial charge in [-0.2, -0.15) is 9.78 Å². The van der Waals surface area contributed by atoms with E-state index in [1.54, 1.807) is 36.4 Å². The standard InChI is InChI=1S/C25H18BrFN6O2/c26-16-7-10-20(34)15(11-16)13-30-33-23(28)21(25(35)29-12-14-5-8-17(27)9-6-14)22-24(33)32-19-4-2-1-3-18(19)31-22/h1-11,13,34H,12,28H2,(H,29,35)/b30-13-. The molecule has 0 saturated carbocycles. The van der Waals surface area contributed by atoms with Crippen molar-refractivity contribution in [1.29, 1.82) is 0 Å². The number of nitrogens with two attached hydrogens (primary N) is 1. The maximum absolute atomic E-state index is 13.2. The highest BCUT2D eigenvalue weighted by Crippen LogP contribution is 2.28. The second-order valence-electron chi connectivity index (χ2n) is 7.71. The number of nitrogens with zero attached hydrogens (tertiary/aromatic N) is 4. The Morgan fingerprint density at radius 3 is 2.57 bits per heavy atom. The van der Waals surface area contributed by atoms with Gasteiger partial charge in [0.25, 0.3) is 5.91 Å². The van der Waals surface area contributed by atoms with E-state index < -0.39 is 5.91 Å². The molecule has 8 nitrogen and oxygen atoms in total. The molecular formula is C25H18BrFN6O2. The van der Waals surface area contributed by atoms with Crippen LogP contribution in [0.15, 0.2) is 76.3 Å². The lowest BCUT2D eigenvalue weighted by Crippen LogP contribution is -2.23. The van der Waals surface area contributed by atoms with Gasteiger partial charge in [-0.25, -0.2) is 14.4 Å². The Hall–Kier alpha value is -4.31. The molecule has 2 heterocycles. The molecule has 1 amide bonds. The number of nitrogen functional groups attached to an aromatic ring is 1. The largest absolute Gasteiger partial charge is 0.507 e. The van der Waals surface area contributed by atoms with Gasteiger partial charge in [-0.1, -0.05) is 40.2 Å². The lowest BCUT2D eigenvalue weighted by molar-refractivity contribution is 0.0953. The van der Waals surface area contributed by atoms with Gasteiger partial charge >= 0.3 is 0 Å². The molecule has 0 aliphatic carbocycles. The molecule has 0 unspecified atom stereocenters. The first-order valence-electron chi connectivity index (χ1n) is 10.5. The maximum atomic E-state index is 13.2.